The first-order valence-corrected chi connectivity index (χ1v) is 14.8. The standard InChI is InChI=1S/C35H42N4O3/c1-24(27-9-6-5-7-10-27)37-22-29-13-14-31(42-4)20-32(29)28-11-8-12-30(19-28)35(3)21-33(36)39(34(35)41)23-26-15-17-38(18-16-26)25(2)40/h5-14,19-21,24,26,37H,15-18,22-23,36H2,1-4H3. The third kappa shape index (κ3) is 6.07. The molecule has 0 bridgehead atoms. The highest BCUT2D eigenvalue weighted by Crippen LogP contribution is 2.38. The van der Waals surface area contributed by atoms with Crippen molar-refractivity contribution in [1.82, 2.24) is 15.1 Å². The maximum Gasteiger partial charge on any atom is 0.242 e. The molecule has 0 spiro atoms. The molecule has 0 aromatic heterocycles. The van der Waals surface area contributed by atoms with Crippen LogP contribution in [0.1, 0.15) is 56.3 Å². The molecule has 1 fully saturated rings. The SMILES string of the molecule is COc1ccc(CNC(C)c2ccccc2)c(-c2cccc(C3(C)C=C(N)N(CC4CCN(C(C)=O)CC4)C3=O)c2)c1. The van der Waals surface area contributed by atoms with Gasteiger partial charge < -0.3 is 20.7 Å². The molecule has 0 radical (unpaired) electrons. The Morgan fingerprint density at radius 1 is 1.07 bits per heavy atom. The molecule has 2 atom stereocenters. The molecule has 2 unspecified atom stereocenters. The zero-order valence-corrected chi connectivity index (χ0v) is 25.1. The quantitative estimate of drug-likeness (QED) is 0.364. The van der Waals surface area contributed by atoms with Gasteiger partial charge in [0.1, 0.15) is 11.6 Å². The molecule has 42 heavy (non-hydrogen) atoms. The van der Waals surface area contributed by atoms with Crippen molar-refractivity contribution in [3.8, 4) is 16.9 Å². The zero-order chi connectivity index (χ0) is 29.9. The van der Waals surface area contributed by atoms with Crippen LogP contribution in [-0.2, 0) is 21.5 Å². The lowest BCUT2D eigenvalue weighted by Crippen LogP contribution is -2.44. The molecule has 220 valence electrons. The third-order valence-corrected chi connectivity index (χ3v) is 8.93. The monoisotopic (exact) mass is 566 g/mol. The van der Waals surface area contributed by atoms with Gasteiger partial charge in [-0.3, -0.25) is 14.5 Å². The number of amides is 2. The van der Waals surface area contributed by atoms with Crippen molar-refractivity contribution in [2.45, 2.75) is 51.6 Å². The van der Waals surface area contributed by atoms with Crippen molar-refractivity contribution in [2.24, 2.45) is 11.7 Å². The summed E-state index contributed by atoms with van der Waals surface area (Å²) in [6, 6.07) is 25.0. The van der Waals surface area contributed by atoms with Crippen LogP contribution >= 0.6 is 0 Å². The lowest BCUT2D eigenvalue weighted by atomic mass is 9.81. The molecule has 5 rings (SSSR count). The van der Waals surface area contributed by atoms with Gasteiger partial charge in [-0.25, -0.2) is 0 Å². The second-order valence-electron chi connectivity index (χ2n) is 11.8. The number of benzene rings is 3. The Hall–Kier alpha value is -4.10. The molecule has 7 nitrogen and oxygen atoms in total. The lowest BCUT2D eigenvalue weighted by molar-refractivity contribution is -0.133. The van der Waals surface area contributed by atoms with E-state index in [1.807, 2.05) is 42.2 Å². The fourth-order valence-corrected chi connectivity index (χ4v) is 6.15. The fraction of sp³-hybridized carbons (Fsp3) is 0.371. The third-order valence-electron chi connectivity index (χ3n) is 8.93. The highest BCUT2D eigenvalue weighted by atomic mass is 16.5. The minimum absolute atomic E-state index is 0.00429. The number of hydrogen-bond acceptors (Lipinski definition) is 5. The Kier molecular flexibility index (Phi) is 8.69. The summed E-state index contributed by atoms with van der Waals surface area (Å²) in [5.74, 6) is 1.71. The molecule has 2 heterocycles. The van der Waals surface area contributed by atoms with Crippen molar-refractivity contribution in [3.05, 3.63) is 101 Å². The Balaban J connectivity index is 1.36. The number of methoxy groups -OCH3 is 1. The highest BCUT2D eigenvalue weighted by molar-refractivity contribution is 5.94. The molecule has 0 aliphatic carbocycles. The van der Waals surface area contributed by atoms with Crippen molar-refractivity contribution in [2.75, 3.05) is 26.7 Å². The summed E-state index contributed by atoms with van der Waals surface area (Å²) in [4.78, 5) is 29.3. The molecule has 1 saturated heterocycles. The normalized spacial score (nSPS) is 20.0. The number of likely N-dealkylation sites (tertiary alicyclic amines) is 1. The van der Waals surface area contributed by atoms with Crippen molar-refractivity contribution in [3.63, 3.8) is 0 Å². The topological polar surface area (TPSA) is 87.9 Å². The van der Waals surface area contributed by atoms with Gasteiger partial charge in [0.25, 0.3) is 0 Å². The number of piperidine rings is 1. The van der Waals surface area contributed by atoms with E-state index in [-0.39, 0.29) is 17.9 Å². The van der Waals surface area contributed by atoms with E-state index in [2.05, 4.69) is 60.8 Å². The molecule has 7 heteroatoms. The second kappa shape index (κ2) is 12.4. The molecule has 2 amide bonds. The van der Waals surface area contributed by atoms with Crippen LogP contribution in [-0.4, -0.2) is 48.4 Å². The predicted octanol–water partition coefficient (Wildman–Crippen LogP) is 5.37. The summed E-state index contributed by atoms with van der Waals surface area (Å²) in [5.41, 5.74) is 11.0. The average Bonchev–Trinajstić information content (AvgIpc) is 3.24. The van der Waals surface area contributed by atoms with E-state index in [0.717, 1.165) is 53.9 Å². The Morgan fingerprint density at radius 3 is 2.50 bits per heavy atom. The number of nitrogens with one attached hydrogen (secondary N) is 1. The number of carbonyl (C=O) groups excluding carboxylic acids is 2. The summed E-state index contributed by atoms with van der Waals surface area (Å²) in [6.07, 6.45) is 3.64. The number of rotatable bonds is 9. The largest absolute Gasteiger partial charge is 0.497 e. The van der Waals surface area contributed by atoms with Crippen LogP contribution in [0.2, 0.25) is 0 Å². The van der Waals surface area contributed by atoms with E-state index < -0.39 is 5.41 Å². The van der Waals surface area contributed by atoms with Gasteiger partial charge in [-0.15, -0.1) is 0 Å². The van der Waals surface area contributed by atoms with Gasteiger partial charge in [-0.05, 0) is 84.7 Å². The summed E-state index contributed by atoms with van der Waals surface area (Å²) in [5, 5.41) is 3.66. The average molecular weight is 567 g/mol. The van der Waals surface area contributed by atoms with Crippen LogP contribution in [0.5, 0.6) is 5.75 Å². The van der Waals surface area contributed by atoms with Gasteiger partial charge >= 0.3 is 0 Å². The fourth-order valence-electron chi connectivity index (χ4n) is 6.15. The number of hydrogen-bond donors (Lipinski definition) is 2. The first-order valence-electron chi connectivity index (χ1n) is 14.8. The van der Waals surface area contributed by atoms with Gasteiger partial charge in [0, 0.05) is 39.1 Å². The van der Waals surface area contributed by atoms with E-state index in [9.17, 15) is 9.59 Å². The zero-order valence-electron chi connectivity index (χ0n) is 25.1. The molecule has 3 aromatic rings. The molecule has 2 aliphatic rings. The molecule has 3 aromatic carbocycles. The van der Waals surface area contributed by atoms with Gasteiger partial charge in [0.2, 0.25) is 11.8 Å². The summed E-state index contributed by atoms with van der Waals surface area (Å²) >= 11 is 0. The Morgan fingerprint density at radius 2 is 1.81 bits per heavy atom. The first-order chi connectivity index (χ1) is 20.2. The Labute approximate surface area is 249 Å². The van der Waals surface area contributed by atoms with E-state index in [1.165, 1.54) is 5.56 Å². The van der Waals surface area contributed by atoms with Crippen LogP contribution in [0.3, 0.4) is 0 Å². The van der Waals surface area contributed by atoms with E-state index in [1.54, 1.807) is 18.9 Å². The molecule has 3 N–H and O–H groups in total. The maximum atomic E-state index is 13.9. The molecular formula is C35H42N4O3. The summed E-state index contributed by atoms with van der Waals surface area (Å²) < 4.78 is 5.58. The maximum absolute atomic E-state index is 13.9. The molecular weight excluding hydrogens is 524 g/mol. The van der Waals surface area contributed by atoms with Gasteiger partial charge in [-0.1, -0.05) is 54.6 Å². The number of carbonyl (C=O) groups is 2. The van der Waals surface area contributed by atoms with Crippen LogP contribution < -0.4 is 15.8 Å². The van der Waals surface area contributed by atoms with Gasteiger partial charge in [-0.2, -0.15) is 0 Å². The summed E-state index contributed by atoms with van der Waals surface area (Å²) in [6.45, 7) is 8.45. The van der Waals surface area contributed by atoms with E-state index in [4.69, 9.17) is 10.5 Å². The second-order valence-corrected chi connectivity index (χ2v) is 11.8. The van der Waals surface area contributed by atoms with E-state index in [0.29, 0.717) is 24.8 Å². The lowest BCUT2D eigenvalue weighted by Gasteiger charge is -2.34. The van der Waals surface area contributed by atoms with Crippen molar-refractivity contribution >= 4 is 11.8 Å². The smallest absolute Gasteiger partial charge is 0.242 e. The van der Waals surface area contributed by atoms with Gasteiger partial charge in [0.05, 0.1) is 12.5 Å². The number of nitrogens with zero attached hydrogens (tertiary/aromatic N) is 2. The Bertz CT molecular complexity index is 1460. The van der Waals surface area contributed by atoms with E-state index >= 15 is 0 Å². The van der Waals surface area contributed by atoms with Crippen LogP contribution in [0.25, 0.3) is 11.1 Å². The first kappa shape index (κ1) is 29.4. The molecule has 0 saturated carbocycles. The van der Waals surface area contributed by atoms with Crippen LogP contribution in [0, 0.1) is 5.92 Å². The van der Waals surface area contributed by atoms with Gasteiger partial charge in [0.15, 0.2) is 0 Å². The summed E-state index contributed by atoms with van der Waals surface area (Å²) in [7, 11) is 1.68. The van der Waals surface area contributed by atoms with Crippen LogP contribution in [0.15, 0.2) is 84.7 Å². The van der Waals surface area contributed by atoms with Crippen LogP contribution in [0.4, 0.5) is 0 Å². The highest BCUT2D eigenvalue weighted by Gasteiger charge is 2.44. The van der Waals surface area contributed by atoms with Crippen molar-refractivity contribution in [1.29, 1.82) is 0 Å². The number of ether oxygens (including phenoxy) is 1. The minimum atomic E-state index is -0.862. The number of nitrogens with two attached hydrogens (primary N) is 1. The predicted molar refractivity (Wildman–Crippen MR) is 166 cm³/mol. The van der Waals surface area contributed by atoms with Crippen molar-refractivity contribution < 1.29 is 14.3 Å². The molecule has 2 aliphatic heterocycles. The minimum Gasteiger partial charge on any atom is -0.497 e.